The molecule has 0 atom stereocenters. The second-order valence-electron chi connectivity index (χ2n) is 5.08. The third-order valence-electron chi connectivity index (χ3n) is 3.06. The van der Waals surface area contributed by atoms with Crippen LogP contribution in [-0.2, 0) is 11.3 Å². The van der Waals surface area contributed by atoms with Gasteiger partial charge in [-0.15, -0.1) is 0 Å². The standard InChI is InChI=1S/C15H20N2O3/c1-15(2,10-16)14(18)17(3)9-11-6-7-12(19-4)8-13(11)20-5/h6-8H,9H2,1-5H3. The first-order valence-electron chi connectivity index (χ1n) is 6.23. The number of ether oxygens (including phenoxy) is 2. The predicted molar refractivity (Wildman–Crippen MR) is 75.4 cm³/mol. The average Bonchev–Trinajstić information content (AvgIpc) is 2.46. The molecule has 0 N–H and O–H groups in total. The molecule has 108 valence electrons. The third-order valence-corrected chi connectivity index (χ3v) is 3.06. The van der Waals surface area contributed by atoms with Crippen LogP contribution in [0.4, 0.5) is 0 Å². The molecule has 1 rings (SSSR count). The topological polar surface area (TPSA) is 62.6 Å². The zero-order chi connectivity index (χ0) is 15.3. The number of methoxy groups -OCH3 is 2. The summed E-state index contributed by atoms with van der Waals surface area (Å²) in [6, 6.07) is 7.44. The second kappa shape index (κ2) is 6.29. The number of hydrogen-bond donors (Lipinski definition) is 0. The second-order valence-corrected chi connectivity index (χ2v) is 5.08. The van der Waals surface area contributed by atoms with Crippen molar-refractivity contribution in [1.29, 1.82) is 5.26 Å². The number of rotatable bonds is 5. The van der Waals surface area contributed by atoms with Gasteiger partial charge < -0.3 is 14.4 Å². The lowest BCUT2D eigenvalue weighted by molar-refractivity contribution is -0.136. The van der Waals surface area contributed by atoms with Crippen LogP contribution in [0.5, 0.6) is 11.5 Å². The highest BCUT2D eigenvalue weighted by Gasteiger charge is 2.30. The van der Waals surface area contributed by atoms with Crippen LogP contribution in [0.2, 0.25) is 0 Å². The van der Waals surface area contributed by atoms with Crippen LogP contribution in [0.25, 0.3) is 0 Å². The van der Waals surface area contributed by atoms with Crippen LogP contribution >= 0.6 is 0 Å². The van der Waals surface area contributed by atoms with E-state index in [1.807, 2.05) is 18.2 Å². The van der Waals surface area contributed by atoms with Gasteiger partial charge in [0.1, 0.15) is 16.9 Å². The summed E-state index contributed by atoms with van der Waals surface area (Å²) in [7, 11) is 4.82. The molecule has 0 bridgehead atoms. The van der Waals surface area contributed by atoms with Gasteiger partial charge in [-0.2, -0.15) is 5.26 Å². The van der Waals surface area contributed by atoms with E-state index in [4.69, 9.17) is 14.7 Å². The molecule has 5 heteroatoms. The number of benzene rings is 1. The fourth-order valence-electron chi connectivity index (χ4n) is 1.83. The normalized spacial score (nSPS) is 10.6. The van der Waals surface area contributed by atoms with Crippen LogP contribution < -0.4 is 9.47 Å². The molecule has 0 saturated heterocycles. The minimum absolute atomic E-state index is 0.224. The van der Waals surface area contributed by atoms with Crippen molar-refractivity contribution in [2.24, 2.45) is 5.41 Å². The number of nitriles is 1. The van der Waals surface area contributed by atoms with E-state index in [0.29, 0.717) is 18.0 Å². The molecule has 1 aromatic carbocycles. The van der Waals surface area contributed by atoms with E-state index >= 15 is 0 Å². The van der Waals surface area contributed by atoms with Gasteiger partial charge in [-0.3, -0.25) is 4.79 Å². The number of hydrogen-bond acceptors (Lipinski definition) is 4. The van der Waals surface area contributed by atoms with Crippen molar-refractivity contribution < 1.29 is 14.3 Å². The molecule has 20 heavy (non-hydrogen) atoms. The monoisotopic (exact) mass is 276 g/mol. The Morgan fingerprint density at radius 1 is 1.35 bits per heavy atom. The summed E-state index contributed by atoms with van der Waals surface area (Å²) in [6.07, 6.45) is 0. The van der Waals surface area contributed by atoms with Gasteiger partial charge in [0, 0.05) is 25.2 Å². The quantitative estimate of drug-likeness (QED) is 0.827. The maximum absolute atomic E-state index is 12.2. The summed E-state index contributed by atoms with van der Waals surface area (Å²) >= 11 is 0. The first-order valence-corrected chi connectivity index (χ1v) is 6.23. The van der Waals surface area contributed by atoms with E-state index in [2.05, 4.69) is 0 Å². The van der Waals surface area contributed by atoms with Crippen LogP contribution in [0.1, 0.15) is 19.4 Å². The van der Waals surface area contributed by atoms with Crippen molar-refractivity contribution >= 4 is 5.91 Å². The lowest BCUT2D eigenvalue weighted by Gasteiger charge is -2.24. The number of carbonyl (C=O) groups is 1. The maximum atomic E-state index is 12.2. The Kier molecular flexibility index (Phi) is 4.98. The molecular weight excluding hydrogens is 256 g/mol. The molecule has 1 aromatic rings. The minimum Gasteiger partial charge on any atom is -0.497 e. The Labute approximate surface area is 119 Å². The molecule has 0 aliphatic carbocycles. The first-order chi connectivity index (χ1) is 9.35. The summed E-state index contributed by atoms with van der Waals surface area (Å²) in [6.45, 7) is 3.59. The van der Waals surface area contributed by atoms with Gasteiger partial charge in [0.2, 0.25) is 5.91 Å². The third kappa shape index (κ3) is 3.41. The van der Waals surface area contributed by atoms with Crippen LogP contribution in [-0.4, -0.2) is 32.1 Å². The van der Waals surface area contributed by atoms with Crippen molar-refractivity contribution in [1.82, 2.24) is 4.90 Å². The summed E-state index contributed by atoms with van der Waals surface area (Å²) in [5, 5.41) is 9.01. The van der Waals surface area contributed by atoms with Crippen LogP contribution in [0.15, 0.2) is 18.2 Å². The molecule has 0 heterocycles. The van der Waals surface area contributed by atoms with Crippen LogP contribution in [0, 0.1) is 16.7 Å². The molecule has 5 nitrogen and oxygen atoms in total. The average molecular weight is 276 g/mol. The zero-order valence-electron chi connectivity index (χ0n) is 12.6. The van der Waals surface area contributed by atoms with Gasteiger partial charge in [0.05, 0.1) is 20.3 Å². The molecule has 0 unspecified atom stereocenters. The number of nitrogens with zero attached hydrogens (tertiary/aromatic N) is 2. The lowest BCUT2D eigenvalue weighted by atomic mass is 9.94. The largest absolute Gasteiger partial charge is 0.497 e. The predicted octanol–water partition coefficient (Wildman–Crippen LogP) is 2.21. The van der Waals surface area contributed by atoms with Gasteiger partial charge in [0.25, 0.3) is 0 Å². The van der Waals surface area contributed by atoms with E-state index < -0.39 is 5.41 Å². The summed E-state index contributed by atoms with van der Waals surface area (Å²) in [5.74, 6) is 1.12. The van der Waals surface area contributed by atoms with Gasteiger partial charge in [-0.1, -0.05) is 0 Å². The van der Waals surface area contributed by atoms with E-state index in [-0.39, 0.29) is 5.91 Å². The molecule has 0 fully saturated rings. The van der Waals surface area contributed by atoms with Gasteiger partial charge in [-0.05, 0) is 26.0 Å². The Bertz CT molecular complexity index is 532. The molecule has 0 radical (unpaired) electrons. The summed E-state index contributed by atoms with van der Waals surface area (Å²) < 4.78 is 10.4. The molecule has 0 aromatic heterocycles. The Morgan fingerprint density at radius 2 is 2.00 bits per heavy atom. The highest BCUT2D eigenvalue weighted by Crippen LogP contribution is 2.26. The zero-order valence-corrected chi connectivity index (χ0v) is 12.6. The fourth-order valence-corrected chi connectivity index (χ4v) is 1.83. The molecule has 0 saturated carbocycles. The Balaban J connectivity index is 2.94. The van der Waals surface area contributed by atoms with Crippen molar-refractivity contribution in [2.75, 3.05) is 21.3 Å². The van der Waals surface area contributed by atoms with E-state index in [1.165, 1.54) is 4.90 Å². The van der Waals surface area contributed by atoms with Crippen LogP contribution in [0.3, 0.4) is 0 Å². The first kappa shape index (κ1) is 15.8. The Morgan fingerprint density at radius 3 is 2.50 bits per heavy atom. The summed E-state index contributed by atoms with van der Waals surface area (Å²) in [4.78, 5) is 13.7. The molecule has 0 aliphatic rings. The smallest absolute Gasteiger partial charge is 0.242 e. The number of amides is 1. The van der Waals surface area contributed by atoms with E-state index in [1.54, 1.807) is 41.2 Å². The lowest BCUT2D eigenvalue weighted by Crippen LogP contribution is -2.37. The fraction of sp³-hybridized carbons (Fsp3) is 0.467. The molecule has 0 aliphatic heterocycles. The van der Waals surface area contributed by atoms with Crippen molar-refractivity contribution in [3.05, 3.63) is 23.8 Å². The number of carbonyl (C=O) groups excluding carboxylic acids is 1. The minimum atomic E-state index is -1.03. The maximum Gasteiger partial charge on any atom is 0.242 e. The van der Waals surface area contributed by atoms with Crippen molar-refractivity contribution in [3.63, 3.8) is 0 Å². The highest BCUT2D eigenvalue weighted by molar-refractivity contribution is 5.84. The van der Waals surface area contributed by atoms with Gasteiger partial charge in [-0.25, -0.2) is 0 Å². The van der Waals surface area contributed by atoms with Gasteiger partial charge in [0.15, 0.2) is 0 Å². The molecule has 0 spiro atoms. The SMILES string of the molecule is COc1ccc(CN(C)C(=O)C(C)(C)C#N)c(OC)c1. The van der Waals surface area contributed by atoms with Crippen molar-refractivity contribution in [3.8, 4) is 17.6 Å². The van der Waals surface area contributed by atoms with Crippen molar-refractivity contribution in [2.45, 2.75) is 20.4 Å². The van der Waals surface area contributed by atoms with E-state index in [0.717, 1.165) is 5.56 Å². The highest BCUT2D eigenvalue weighted by atomic mass is 16.5. The summed E-state index contributed by atoms with van der Waals surface area (Å²) in [5.41, 5.74) is -0.174. The Hall–Kier alpha value is -2.22. The molecule has 1 amide bonds. The van der Waals surface area contributed by atoms with E-state index in [9.17, 15) is 4.79 Å². The van der Waals surface area contributed by atoms with Gasteiger partial charge >= 0.3 is 0 Å². The molecular formula is C15H20N2O3.